The monoisotopic (exact) mass is 483 g/mol. The van der Waals surface area contributed by atoms with Crippen LogP contribution in [0.25, 0.3) is 11.5 Å². The third-order valence-electron chi connectivity index (χ3n) is 6.72. The van der Waals surface area contributed by atoms with Gasteiger partial charge in [0.05, 0.1) is 5.92 Å². The van der Waals surface area contributed by atoms with Crippen molar-refractivity contribution in [1.82, 2.24) is 19.4 Å². The number of aromatic amines is 1. The number of piperazine rings is 1. The third kappa shape index (κ3) is 4.35. The standard InChI is InChI=1S/C24H29N5O4S/c1-18-5-2-3-7-21(18)27-13-15-28(16-14-27)24(30)19-6-4-12-29(17-19)34(31,32)23-9-8-22(33-23)20-10-11-25-26-20/h2-3,5,7-11,19H,4,6,12-17H2,1H3,(H,25,26)/t19-/m0/s1. The highest BCUT2D eigenvalue weighted by Gasteiger charge is 2.37. The van der Waals surface area contributed by atoms with Crippen LogP contribution in [0.15, 0.2) is 58.2 Å². The molecule has 10 heteroatoms. The lowest BCUT2D eigenvalue weighted by molar-refractivity contribution is -0.137. The molecule has 2 aromatic heterocycles. The molecule has 1 amide bonds. The molecule has 9 nitrogen and oxygen atoms in total. The van der Waals surface area contributed by atoms with Crippen molar-refractivity contribution >= 4 is 21.6 Å². The van der Waals surface area contributed by atoms with Gasteiger partial charge >= 0.3 is 0 Å². The highest BCUT2D eigenvalue weighted by Crippen LogP contribution is 2.29. The summed E-state index contributed by atoms with van der Waals surface area (Å²) >= 11 is 0. The van der Waals surface area contributed by atoms with E-state index in [1.807, 2.05) is 17.0 Å². The molecular weight excluding hydrogens is 454 g/mol. The Morgan fingerprint density at radius 3 is 2.59 bits per heavy atom. The van der Waals surface area contributed by atoms with Crippen molar-refractivity contribution in [2.75, 3.05) is 44.2 Å². The quantitative estimate of drug-likeness (QED) is 0.599. The number of amides is 1. The number of rotatable bonds is 5. The summed E-state index contributed by atoms with van der Waals surface area (Å²) in [4.78, 5) is 17.5. The first-order valence-corrected chi connectivity index (χ1v) is 13.1. The fourth-order valence-electron chi connectivity index (χ4n) is 4.83. The Labute approximate surface area is 199 Å². The predicted molar refractivity (Wildman–Crippen MR) is 128 cm³/mol. The molecule has 0 aliphatic carbocycles. The summed E-state index contributed by atoms with van der Waals surface area (Å²) in [5.41, 5.74) is 3.04. The zero-order valence-electron chi connectivity index (χ0n) is 19.2. The van der Waals surface area contributed by atoms with Gasteiger partial charge in [0.1, 0.15) is 5.69 Å². The highest BCUT2D eigenvalue weighted by molar-refractivity contribution is 7.89. The molecule has 1 aromatic carbocycles. The number of carbonyl (C=O) groups excluding carboxylic acids is 1. The molecule has 5 rings (SSSR count). The minimum absolute atomic E-state index is 0.0435. The number of benzene rings is 1. The van der Waals surface area contributed by atoms with Crippen molar-refractivity contribution in [2.45, 2.75) is 24.9 Å². The minimum Gasteiger partial charge on any atom is -0.442 e. The normalized spacial score (nSPS) is 20.0. The second-order valence-corrected chi connectivity index (χ2v) is 10.8. The molecule has 0 bridgehead atoms. The fourth-order valence-corrected chi connectivity index (χ4v) is 6.27. The van der Waals surface area contributed by atoms with E-state index in [1.54, 1.807) is 18.3 Å². The zero-order valence-corrected chi connectivity index (χ0v) is 20.0. The molecule has 0 radical (unpaired) electrons. The largest absolute Gasteiger partial charge is 0.442 e. The Hall–Kier alpha value is -3.11. The van der Waals surface area contributed by atoms with Crippen molar-refractivity contribution in [3.8, 4) is 11.5 Å². The molecule has 1 N–H and O–H groups in total. The van der Waals surface area contributed by atoms with Crippen LogP contribution in [0.4, 0.5) is 5.69 Å². The molecule has 0 saturated carbocycles. The number of piperidine rings is 1. The first-order valence-electron chi connectivity index (χ1n) is 11.6. The molecule has 0 spiro atoms. The van der Waals surface area contributed by atoms with Gasteiger partial charge in [0.15, 0.2) is 5.76 Å². The molecule has 1 atom stereocenters. The second kappa shape index (κ2) is 9.27. The second-order valence-electron chi connectivity index (χ2n) is 8.89. The van der Waals surface area contributed by atoms with Crippen molar-refractivity contribution in [3.05, 3.63) is 54.2 Å². The van der Waals surface area contributed by atoms with Crippen LogP contribution < -0.4 is 4.90 Å². The maximum absolute atomic E-state index is 13.3. The molecule has 34 heavy (non-hydrogen) atoms. The van der Waals surface area contributed by atoms with Gasteiger partial charge < -0.3 is 14.2 Å². The van der Waals surface area contributed by atoms with Crippen molar-refractivity contribution in [2.24, 2.45) is 5.92 Å². The number of aromatic nitrogens is 2. The van der Waals surface area contributed by atoms with E-state index < -0.39 is 10.0 Å². The van der Waals surface area contributed by atoms with E-state index in [0.29, 0.717) is 43.9 Å². The number of carbonyl (C=O) groups is 1. The summed E-state index contributed by atoms with van der Waals surface area (Å²) in [7, 11) is -3.83. The zero-order chi connectivity index (χ0) is 23.7. The van der Waals surface area contributed by atoms with Crippen LogP contribution in [0.1, 0.15) is 18.4 Å². The van der Waals surface area contributed by atoms with E-state index >= 15 is 0 Å². The first-order chi connectivity index (χ1) is 16.4. The fraction of sp³-hybridized carbons (Fsp3) is 0.417. The summed E-state index contributed by atoms with van der Waals surface area (Å²) < 4.78 is 33.4. The number of aryl methyl sites for hydroxylation is 1. The van der Waals surface area contributed by atoms with Crippen LogP contribution in [0, 0.1) is 12.8 Å². The average Bonchev–Trinajstić information content (AvgIpc) is 3.57. The van der Waals surface area contributed by atoms with Gasteiger partial charge in [0.2, 0.25) is 11.0 Å². The molecule has 3 aromatic rings. The van der Waals surface area contributed by atoms with Crippen LogP contribution in [-0.4, -0.2) is 73.0 Å². The van der Waals surface area contributed by atoms with Crippen LogP contribution in [0.3, 0.4) is 0 Å². The van der Waals surface area contributed by atoms with Crippen LogP contribution in [0.2, 0.25) is 0 Å². The smallest absolute Gasteiger partial charge is 0.276 e. The van der Waals surface area contributed by atoms with Gasteiger partial charge in [-0.05, 0) is 49.6 Å². The summed E-state index contributed by atoms with van der Waals surface area (Å²) in [5, 5.41) is 6.52. The first kappa shape index (κ1) is 22.7. The van der Waals surface area contributed by atoms with Crippen molar-refractivity contribution < 1.29 is 17.6 Å². The van der Waals surface area contributed by atoms with Gasteiger partial charge in [-0.2, -0.15) is 9.40 Å². The Balaban J connectivity index is 1.23. The SMILES string of the molecule is Cc1ccccc1N1CCN(C(=O)[C@H]2CCCN(S(=O)(=O)c3ccc(-c4ccn[nH]4)o3)C2)CC1. The van der Waals surface area contributed by atoms with Gasteiger partial charge in [-0.1, -0.05) is 18.2 Å². The molecule has 2 aliphatic heterocycles. The molecule has 2 fully saturated rings. The van der Waals surface area contributed by atoms with Gasteiger partial charge in [-0.15, -0.1) is 0 Å². The number of nitrogens with zero attached hydrogens (tertiary/aromatic N) is 4. The summed E-state index contributed by atoms with van der Waals surface area (Å²) in [6, 6.07) is 13.1. The summed E-state index contributed by atoms with van der Waals surface area (Å²) in [6.07, 6.45) is 2.92. The Kier molecular flexibility index (Phi) is 6.18. The van der Waals surface area contributed by atoms with E-state index in [2.05, 4.69) is 34.2 Å². The van der Waals surface area contributed by atoms with Gasteiger partial charge in [0.25, 0.3) is 10.0 Å². The average molecular weight is 484 g/mol. The number of sulfonamides is 1. The lowest BCUT2D eigenvalue weighted by Crippen LogP contribution is -2.53. The Morgan fingerprint density at radius 1 is 1.06 bits per heavy atom. The molecule has 2 saturated heterocycles. The molecule has 180 valence electrons. The highest BCUT2D eigenvalue weighted by atomic mass is 32.2. The van der Waals surface area contributed by atoms with Gasteiger partial charge in [0, 0.05) is 51.2 Å². The van der Waals surface area contributed by atoms with Crippen LogP contribution in [-0.2, 0) is 14.8 Å². The minimum atomic E-state index is -3.83. The van der Waals surface area contributed by atoms with Crippen LogP contribution in [0.5, 0.6) is 0 Å². The van der Waals surface area contributed by atoms with E-state index in [-0.39, 0.29) is 23.5 Å². The van der Waals surface area contributed by atoms with Crippen LogP contribution >= 0.6 is 0 Å². The number of furan rings is 1. The lowest BCUT2D eigenvalue weighted by Gasteiger charge is -2.39. The molecule has 2 aliphatic rings. The van der Waals surface area contributed by atoms with Gasteiger partial charge in [-0.3, -0.25) is 9.89 Å². The lowest BCUT2D eigenvalue weighted by atomic mass is 9.97. The number of hydrogen-bond acceptors (Lipinski definition) is 6. The summed E-state index contributed by atoms with van der Waals surface area (Å²) in [5.74, 6) is 0.115. The van der Waals surface area contributed by atoms with Gasteiger partial charge in [-0.25, -0.2) is 8.42 Å². The number of H-pyrrole nitrogens is 1. The van der Waals surface area contributed by atoms with Crippen molar-refractivity contribution in [3.63, 3.8) is 0 Å². The van der Waals surface area contributed by atoms with E-state index in [0.717, 1.165) is 13.1 Å². The van der Waals surface area contributed by atoms with E-state index in [1.165, 1.54) is 21.6 Å². The van der Waals surface area contributed by atoms with Crippen molar-refractivity contribution in [1.29, 1.82) is 0 Å². The number of nitrogens with one attached hydrogen (secondary N) is 1. The van der Waals surface area contributed by atoms with E-state index in [9.17, 15) is 13.2 Å². The molecular formula is C24H29N5O4S. The Bertz CT molecular complexity index is 1250. The molecule has 0 unspecified atom stereocenters. The summed E-state index contributed by atoms with van der Waals surface area (Å²) in [6.45, 7) is 5.49. The number of hydrogen-bond donors (Lipinski definition) is 1. The Morgan fingerprint density at radius 2 is 1.85 bits per heavy atom. The third-order valence-corrected chi connectivity index (χ3v) is 8.46. The topological polar surface area (TPSA) is 103 Å². The maximum atomic E-state index is 13.3. The molecule has 4 heterocycles. The maximum Gasteiger partial charge on any atom is 0.276 e. The predicted octanol–water partition coefficient (Wildman–Crippen LogP) is 2.73. The van der Waals surface area contributed by atoms with E-state index in [4.69, 9.17) is 4.42 Å². The number of para-hydroxylation sites is 1. The number of anilines is 1.